The number of anilines is 1. The number of carbonyl (C=O) groups excluding carboxylic acids is 1. The van der Waals surface area contributed by atoms with Crippen LogP contribution >= 0.6 is 11.6 Å². The van der Waals surface area contributed by atoms with Crippen molar-refractivity contribution in [3.8, 4) is 0 Å². The molecule has 142 valence electrons. The number of amides is 1. The number of rotatable bonds is 3. The van der Waals surface area contributed by atoms with Crippen molar-refractivity contribution in [1.82, 2.24) is 0 Å². The average molecular weight is 402 g/mol. The molecule has 1 amide bonds. The van der Waals surface area contributed by atoms with Gasteiger partial charge in [-0.15, -0.1) is 0 Å². The van der Waals surface area contributed by atoms with Gasteiger partial charge in [0.25, 0.3) is 0 Å². The molecule has 6 heteroatoms. The summed E-state index contributed by atoms with van der Waals surface area (Å²) in [6.45, 7) is 0. The van der Waals surface area contributed by atoms with E-state index in [0.717, 1.165) is 23.3 Å². The largest absolute Gasteiger partial charge is 0.416 e. The Hall–Kier alpha value is -2.79. The molecule has 3 aromatic carbocycles. The van der Waals surface area contributed by atoms with E-state index in [1.54, 1.807) is 17.0 Å². The number of nitrogens with zero attached hydrogens (tertiary/aromatic N) is 1. The van der Waals surface area contributed by atoms with Gasteiger partial charge in [-0.25, -0.2) is 0 Å². The van der Waals surface area contributed by atoms with E-state index in [1.165, 1.54) is 12.1 Å². The van der Waals surface area contributed by atoms with Gasteiger partial charge in [0.05, 0.1) is 17.5 Å². The lowest BCUT2D eigenvalue weighted by molar-refractivity contribution is -0.137. The molecule has 4 rings (SSSR count). The smallest absolute Gasteiger partial charge is 0.303 e. The van der Waals surface area contributed by atoms with Gasteiger partial charge < -0.3 is 4.90 Å². The van der Waals surface area contributed by atoms with Gasteiger partial charge in [0, 0.05) is 10.7 Å². The van der Waals surface area contributed by atoms with E-state index in [-0.39, 0.29) is 11.9 Å². The molecular weight excluding hydrogens is 387 g/mol. The van der Waals surface area contributed by atoms with Crippen LogP contribution in [0.3, 0.4) is 0 Å². The highest BCUT2D eigenvalue weighted by atomic mass is 35.5. The number of hydrogen-bond donors (Lipinski definition) is 0. The Labute approximate surface area is 165 Å². The van der Waals surface area contributed by atoms with Gasteiger partial charge in [0.1, 0.15) is 0 Å². The standard InChI is InChI=1S/C22H15ClF3NO/c23-17-10-6-15(7-11-17)20-19(14-4-2-1-3-5-14)21(28)27(20)18-12-8-16(9-13-18)22(24,25)26/h1-13,19-20H. The van der Waals surface area contributed by atoms with Gasteiger partial charge in [-0.1, -0.05) is 54.1 Å². The summed E-state index contributed by atoms with van der Waals surface area (Å²) in [6.07, 6.45) is -4.42. The molecular formula is C22H15ClF3NO. The van der Waals surface area contributed by atoms with Crippen molar-refractivity contribution in [2.24, 2.45) is 0 Å². The van der Waals surface area contributed by atoms with Crippen LogP contribution in [0.2, 0.25) is 5.02 Å². The van der Waals surface area contributed by atoms with Crippen LogP contribution in [-0.2, 0) is 11.0 Å². The molecule has 3 aromatic rings. The normalized spacial score (nSPS) is 19.4. The molecule has 0 spiro atoms. The fourth-order valence-corrected chi connectivity index (χ4v) is 3.70. The molecule has 0 N–H and O–H groups in total. The summed E-state index contributed by atoms with van der Waals surface area (Å²) in [5.74, 6) is -0.546. The second-order valence-corrected chi connectivity index (χ2v) is 7.07. The Kier molecular flexibility index (Phi) is 4.63. The minimum atomic E-state index is -4.42. The van der Waals surface area contributed by atoms with E-state index < -0.39 is 17.7 Å². The Balaban J connectivity index is 1.73. The Morgan fingerprint density at radius 2 is 1.39 bits per heavy atom. The lowest BCUT2D eigenvalue weighted by atomic mass is 9.77. The third-order valence-corrected chi connectivity index (χ3v) is 5.19. The van der Waals surface area contributed by atoms with Gasteiger partial charge in [0.15, 0.2) is 0 Å². The van der Waals surface area contributed by atoms with E-state index >= 15 is 0 Å². The molecule has 0 bridgehead atoms. The third kappa shape index (κ3) is 3.27. The van der Waals surface area contributed by atoms with Gasteiger partial charge >= 0.3 is 6.18 Å². The quantitative estimate of drug-likeness (QED) is 0.476. The zero-order valence-electron chi connectivity index (χ0n) is 14.5. The van der Waals surface area contributed by atoms with Crippen LogP contribution in [0.5, 0.6) is 0 Å². The number of halogens is 4. The molecule has 28 heavy (non-hydrogen) atoms. The summed E-state index contributed by atoms with van der Waals surface area (Å²) in [6, 6.07) is 20.9. The first kappa shape index (κ1) is 18.6. The van der Waals surface area contributed by atoms with E-state index in [0.29, 0.717) is 10.7 Å². The lowest BCUT2D eigenvalue weighted by Crippen LogP contribution is -2.53. The Morgan fingerprint density at radius 3 is 1.96 bits per heavy atom. The van der Waals surface area contributed by atoms with Crippen molar-refractivity contribution in [2.75, 3.05) is 4.90 Å². The molecule has 0 saturated carbocycles. The van der Waals surface area contributed by atoms with Crippen molar-refractivity contribution >= 4 is 23.2 Å². The summed E-state index contributed by atoms with van der Waals surface area (Å²) >= 11 is 5.99. The minimum absolute atomic E-state index is 0.147. The number of hydrogen-bond acceptors (Lipinski definition) is 1. The summed E-state index contributed by atoms with van der Waals surface area (Å²) in [5.41, 5.74) is 1.44. The number of alkyl halides is 3. The van der Waals surface area contributed by atoms with Crippen LogP contribution in [0.4, 0.5) is 18.9 Å². The Morgan fingerprint density at radius 1 is 0.786 bits per heavy atom. The lowest BCUT2D eigenvalue weighted by Gasteiger charge is -2.47. The fraction of sp³-hybridized carbons (Fsp3) is 0.136. The second kappa shape index (κ2) is 6.99. The van der Waals surface area contributed by atoms with Gasteiger partial charge in [-0.05, 0) is 47.5 Å². The van der Waals surface area contributed by atoms with E-state index in [9.17, 15) is 18.0 Å². The maximum atomic E-state index is 13.0. The molecule has 2 nitrogen and oxygen atoms in total. The van der Waals surface area contributed by atoms with E-state index in [2.05, 4.69) is 0 Å². The topological polar surface area (TPSA) is 20.3 Å². The van der Waals surface area contributed by atoms with Crippen LogP contribution < -0.4 is 4.90 Å². The fourth-order valence-electron chi connectivity index (χ4n) is 3.57. The summed E-state index contributed by atoms with van der Waals surface area (Å²) in [4.78, 5) is 14.5. The maximum absolute atomic E-state index is 13.0. The van der Waals surface area contributed by atoms with Crippen molar-refractivity contribution < 1.29 is 18.0 Å². The third-order valence-electron chi connectivity index (χ3n) is 4.94. The zero-order valence-corrected chi connectivity index (χ0v) is 15.3. The highest BCUT2D eigenvalue weighted by Gasteiger charge is 2.49. The molecule has 1 fully saturated rings. The van der Waals surface area contributed by atoms with Crippen molar-refractivity contribution in [3.63, 3.8) is 0 Å². The van der Waals surface area contributed by atoms with Gasteiger partial charge in [-0.3, -0.25) is 4.79 Å². The summed E-state index contributed by atoms with van der Waals surface area (Å²) in [5, 5.41) is 0.576. The molecule has 1 aliphatic rings. The highest BCUT2D eigenvalue weighted by Crippen LogP contribution is 2.49. The number of β-lactam (4-membered cyclic amide) rings is 1. The predicted molar refractivity (Wildman–Crippen MR) is 102 cm³/mol. The summed E-state index contributed by atoms with van der Waals surface area (Å²) in [7, 11) is 0. The minimum Gasteiger partial charge on any atom is -0.303 e. The van der Waals surface area contributed by atoms with Crippen molar-refractivity contribution in [2.45, 2.75) is 18.1 Å². The van der Waals surface area contributed by atoms with Crippen LogP contribution in [-0.4, -0.2) is 5.91 Å². The van der Waals surface area contributed by atoms with Crippen LogP contribution in [0, 0.1) is 0 Å². The molecule has 0 radical (unpaired) electrons. The van der Waals surface area contributed by atoms with E-state index in [1.807, 2.05) is 42.5 Å². The molecule has 0 aromatic heterocycles. The molecule has 1 aliphatic heterocycles. The van der Waals surface area contributed by atoms with Crippen LogP contribution in [0.15, 0.2) is 78.9 Å². The Bertz CT molecular complexity index is 985. The first-order chi connectivity index (χ1) is 13.4. The van der Waals surface area contributed by atoms with Crippen molar-refractivity contribution in [3.05, 3.63) is 101 Å². The first-order valence-corrected chi connectivity index (χ1v) is 9.05. The van der Waals surface area contributed by atoms with Crippen molar-refractivity contribution in [1.29, 1.82) is 0 Å². The monoisotopic (exact) mass is 401 g/mol. The number of carbonyl (C=O) groups is 1. The summed E-state index contributed by atoms with van der Waals surface area (Å²) < 4.78 is 38.6. The second-order valence-electron chi connectivity index (χ2n) is 6.64. The highest BCUT2D eigenvalue weighted by molar-refractivity contribution is 6.30. The molecule has 1 saturated heterocycles. The molecule has 2 atom stereocenters. The average Bonchev–Trinajstić information content (AvgIpc) is 2.68. The number of benzene rings is 3. The predicted octanol–water partition coefficient (Wildman–Crippen LogP) is 6.23. The SMILES string of the molecule is O=C1C(c2ccccc2)C(c2ccc(Cl)cc2)N1c1ccc(C(F)(F)F)cc1. The maximum Gasteiger partial charge on any atom is 0.416 e. The first-order valence-electron chi connectivity index (χ1n) is 8.67. The molecule has 1 heterocycles. The van der Waals surface area contributed by atoms with Crippen LogP contribution in [0.1, 0.15) is 28.7 Å². The van der Waals surface area contributed by atoms with Gasteiger partial charge in [0.2, 0.25) is 5.91 Å². The van der Waals surface area contributed by atoms with Crippen LogP contribution in [0.25, 0.3) is 0 Å². The molecule has 0 aliphatic carbocycles. The van der Waals surface area contributed by atoms with E-state index in [4.69, 9.17) is 11.6 Å². The molecule has 2 unspecified atom stereocenters. The zero-order chi connectivity index (χ0) is 19.9. The van der Waals surface area contributed by atoms with Gasteiger partial charge in [-0.2, -0.15) is 13.2 Å².